The summed E-state index contributed by atoms with van der Waals surface area (Å²) < 4.78 is 25.3. The third kappa shape index (κ3) is 6.02. The summed E-state index contributed by atoms with van der Waals surface area (Å²) in [5.74, 6) is -1.33. The molecule has 3 rings (SSSR count). The first-order chi connectivity index (χ1) is 14.8. The predicted molar refractivity (Wildman–Crippen MR) is 128 cm³/mol. The number of rotatable bonds is 9. The molecule has 0 saturated carbocycles. The molecule has 31 heavy (non-hydrogen) atoms. The van der Waals surface area contributed by atoms with E-state index in [-0.39, 0.29) is 5.75 Å². The molecular weight excluding hydrogens is 428 g/mol. The van der Waals surface area contributed by atoms with Crippen molar-refractivity contribution in [3.8, 4) is 10.6 Å². The number of benzene rings is 2. The number of nitrogens with one attached hydrogen (secondary N) is 1. The third-order valence-corrected chi connectivity index (χ3v) is 7.52. The van der Waals surface area contributed by atoms with Gasteiger partial charge in [0, 0.05) is 16.6 Å². The van der Waals surface area contributed by atoms with Crippen LogP contribution in [0.2, 0.25) is 0 Å². The summed E-state index contributed by atoms with van der Waals surface area (Å²) in [4.78, 5) is 17.0. The Bertz CT molecular complexity index is 1130. The normalized spacial score (nSPS) is 11.5. The third-order valence-electron chi connectivity index (χ3n) is 5.14. The molecule has 0 fully saturated rings. The Morgan fingerprint density at radius 1 is 0.968 bits per heavy atom. The average Bonchev–Trinajstić information content (AvgIpc) is 3.21. The Morgan fingerprint density at radius 2 is 1.61 bits per heavy atom. The lowest BCUT2D eigenvalue weighted by atomic mass is 10.0. The first-order valence-electron chi connectivity index (χ1n) is 10.5. The van der Waals surface area contributed by atoms with E-state index in [0.29, 0.717) is 5.69 Å². The van der Waals surface area contributed by atoms with Crippen LogP contribution in [-0.2, 0) is 39.6 Å². The molecule has 7 heteroatoms. The van der Waals surface area contributed by atoms with Crippen LogP contribution in [-0.4, -0.2) is 25.1 Å². The largest absolute Gasteiger partial charge is 0.325 e. The van der Waals surface area contributed by atoms with Crippen LogP contribution in [0.15, 0.2) is 47.8 Å². The van der Waals surface area contributed by atoms with Gasteiger partial charge in [0.2, 0.25) is 5.91 Å². The van der Waals surface area contributed by atoms with Crippen molar-refractivity contribution in [1.29, 1.82) is 0 Å². The molecule has 1 amide bonds. The summed E-state index contributed by atoms with van der Waals surface area (Å²) in [7, 11) is -3.64. The van der Waals surface area contributed by atoms with Crippen molar-refractivity contribution in [3.63, 3.8) is 0 Å². The van der Waals surface area contributed by atoms with Gasteiger partial charge >= 0.3 is 0 Å². The number of sulfone groups is 1. The zero-order valence-corrected chi connectivity index (χ0v) is 19.8. The average molecular weight is 457 g/mol. The summed E-state index contributed by atoms with van der Waals surface area (Å²) in [5, 5.41) is 5.36. The minimum Gasteiger partial charge on any atom is -0.325 e. The summed E-state index contributed by atoms with van der Waals surface area (Å²) in [6, 6.07) is 14.0. The zero-order valence-electron chi connectivity index (χ0n) is 18.1. The lowest BCUT2D eigenvalue weighted by molar-refractivity contribution is -0.113. The number of thiazole rings is 1. The summed E-state index contributed by atoms with van der Waals surface area (Å²) in [6.07, 6.45) is 2.49. The number of aryl methyl sites for hydroxylation is 3. The fourth-order valence-electron chi connectivity index (χ4n) is 3.44. The molecule has 0 aliphatic carbocycles. The van der Waals surface area contributed by atoms with Gasteiger partial charge in [-0.15, -0.1) is 11.3 Å². The number of hydrogen-bond acceptors (Lipinski definition) is 5. The number of hydrogen-bond donors (Lipinski definition) is 1. The second-order valence-corrected chi connectivity index (χ2v) is 10.4. The van der Waals surface area contributed by atoms with E-state index in [0.717, 1.165) is 46.6 Å². The molecule has 3 aromatic rings. The van der Waals surface area contributed by atoms with E-state index in [4.69, 9.17) is 0 Å². The number of aromatic nitrogens is 1. The molecule has 1 aromatic heterocycles. The highest BCUT2D eigenvalue weighted by Crippen LogP contribution is 2.26. The molecule has 164 valence electrons. The zero-order chi connectivity index (χ0) is 22.4. The number of nitrogens with zero attached hydrogens (tertiary/aromatic N) is 1. The second-order valence-electron chi connectivity index (χ2n) is 7.43. The van der Waals surface area contributed by atoms with Crippen molar-refractivity contribution in [2.24, 2.45) is 0 Å². The van der Waals surface area contributed by atoms with Gasteiger partial charge in [0.15, 0.2) is 9.84 Å². The van der Waals surface area contributed by atoms with Crippen LogP contribution in [0, 0.1) is 0 Å². The molecule has 0 unspecified atom stereocenters. The van der Waals surface area contributed by atoms with Crippen LogP contribution < -0.4 is 5.32 Å². The smallest absolute Gasteiger partial charge is 0.239 e. The van der Waals surface area contributed by atoms with Gasteiger partial charge in [-0.05, 0) is 36.0 Å². The Balaban J connectivity index is 1.68. The molecular formula is C24H28N2O3S2. The Hall–Kier alpha value is -2.51. The van der Waals surface area contributed by atoms with Crippen LogP contribution in [0.5, 0.6) is 0 Å². The standard InChI is InChI=1S/C24H28N2O3S2/c1-4-17-10-12-20(13-11-17)24-25-21(14-30-24)15-31(28,29)16-22(27)26-23-18(5-2)8-7-9-19(23)6-3/h7-14H,4-6,15-16H2,1-3H3,(H,26,27). The van der Waals surface area contributed by atoms with Crippen LogP contribution in [0.1, 0.15) is 43.2 Å². The van der Waals surface area contributed by atoms with Crippen molar-refractivity contribution in [3.05, 3.63) is 70.2 Å². The lowest BCUT2D eigenvalue weighted by Crippen LogP contribution is -2.25. The molecule has 0 spiro atoms. The van der Waals surface area contributed by atoms with Crippen molar-refractivity contribution in [1.82, 2.24) is 4.98 Å². The van der Waals surface area contributed by atoms with Crippen LogP contribution in [0.4, 0.5) is 5.69 Å². The van der Waals surface area contributed by atoms with Crippen LogP contribution in [0.25, 0.3) is 10.6 Å². The Kier molecular flexibility index (Phi) is 7.62. The van der Waals surface area contributed by atoms with Gasteiger partial charge in [0.1, 0.15) is 10.8 Å². The number of para-hydroxylation sites is 1. The lowest BCUT2D eigenvalue weighted by Gasteiger charge is -2.14. The maximum atomic E-state index is 12.6. The fraction of sp³-hybridized carbons (Fsp3) is 0.333. The summed E-state index contributed by atoms with van der Waals surface area (Å²) >= 11 is 1.41. The Labute approximate surface area is 188 Å². The molecule has 1 heterocycles. The molecule has 0 aliphatic rings. The summed E-state index contributed by atoms with van der Waals surface area (Å²) in [5.41, 5.74) is 5.42. The maximum Gasteiger partial charge on any atom is 0.239 e. The van der Waals surface area contributed by atoms with E-state index in [1.807, 2.05) is 44.2 Å². The predicted octanol–water partition coefficient (Wildman–Crippen LogP) is 5.05. The van der Waals surface area contributed by atoms with Gasteiger partial charge in [-0.3, -0.25) is 4.79 Å². The molecule has 2 aromatic carbocycles. The fourth-order valence-corrected chi connectivity index (χ4v) is 5.55. The van der Waals surface area contributed by atoms with Crippen LogP contribution >= 0.6 is 11.3 Å². The topological polar surface area (TPSA) is 76.1 Å². The Morgan fingerprint density at radius 3 is 2.19 bits per heavy atom. The first-order valence-corrected chi connectivity index (χ1v) is 13.2. The van der Waals surface area contributed by atoms with E-state index < -0.39 is 21.5 Å². The van der Waals surface area contributed by atoms with Crippen LogP contribution in [0.3, 0.4) is 0 Å². The van der Waals surface area contributed by atoms with E-state index in [9.17, 15) is 13.2 Å². The highest BCUT2D eigenvalue weighted by molar-refractivity contribution is 7.91. The second kappa shape index (κ2) is 10.2. The van der Waals surface area contributed by atoms with Crippen molar-refractivity contribution in [2.75, 3.05) is 11.1 Å². The SMILES string of the molecule is CCc1ccc(-c2nc(CS(=O)(=O)CC(=O)Nc3c(CC)cccc3CC)cs2)cc1. The van der Waals surface area contributed by atoms with Gasteiger partial charge in [0.05, 0.1) is 11.4 Å². The van der Waals surface area contributed by atoms with Crippen molar-refractivity contribution >= 4 is 32.8 Å². The van der Waals surface area contributed by atoms with E-state index in [1.165, 1.54) is 16.9 Å². The monoisotopic (exact) mass is 456 g/mol. The van der Waals surface area contributed by atoms with E-state index in [1.54, 1.807) is 5.38 Å². The van der Waals surface area contributed by atoms with E-state index >= 15 is 0 Å². The highest BCUT2D eigenvalue weighted by atomic mass is 32.2. The van der Waals surface area contributed by atoms with E-state index in [2.05, 4.69) is 29.4 Å². The van der Waals surface area contributed by atoms with Gasteiger partial charge in [0.25, 0.3) is 0 Å². The quantitative estimate of drug-likeness (QED) is 0.489. The minimum atomic E-state index is -3.64. The van der Waals surface area contributed by atoms with Gasteiger partial charge in [-0.2, -0.15) is 0 Å². The van der Waals surface area contributed by atoms with Gasteiger partial charge in [-0.25, -0.2) is 13.4 Å². The molecule has 0 radical (unpaired) electrons. The maximum absolute atomic E-state index is 12.6. The number of amides is 1. The van der Waals surface area contributed by atoms with Gasteiger partial charge in [-0.1, -0.05) is 63.2 Å². The molecule has 5 nitrogen and oxygen atoms in total. The molecule has 1 N–H and O–H groups in total. The number of carbonyl (C=O) groups is 1. The van der Waals surface area contributed by atoms with Gasteiger partial charge < -0.3 is 5.32 Å². The highest BCUT2D eigenvalue weighted by Gasteiger charge is 2.21. The molecule has 0 atom stereocenters. The molecule has 0 aliphatic heterocycles. The van der Waals surface area contributed by atoms with Crippen molar-refractivity contribution in [2.45, 2.75) is 45.8 Å². The minimum absolute atomic E-state index is 0.250. The number of anilines is 1. The summed E-state index contributed by atoms with van der Waals surface area (Å²) in [6.45, 7) is 6.12. The van der Waals surface area contributed by atoms with Crippen molar-refractivity contribution < 1.29 is 13.2 Å². The number of carbonyl (C=O) groups excluding carboxylic acids is 1. The molecule has 0 bridgehead atoms. The first kappa shape index (κ1) is 23.2. The molecule has 0 saturated heterocycles.